The summed E-state index contributed by atoms with van der Waals surface area (Å²) >= 11 is 0. The molecule has 0 aromatic rings. The van der Waals surface area contributed by atoms with Crippen LogP contribution in [-0.2, 0) is 9.53 Å². The van der Waals surface area contributed by atoms with Crippen molar-refractivity contribution in [3.63, 3.8) is 0 Å². The maximum Gasteiger partial charge on any atom is 0.411 e. The topological polar surface area (TPSA) is 41.6 Å². The number of amides is 1. The molecular weight excluding hydrogens is 285 g/mol. The summed E-state index contributed by atoms with van der Waals surface area (Å²) in [4.78, 5) is 13.9. The number of carbonyl (C=O) groups is 1. The van der Waals surface area contributed by atoms with E-state index in [1.54, 1.807) is 4.90 Å². The van der Waals surface area contributed by atoms with Gasteiger partial charge in [0.25, 0.3) is 0 Å². The average Bonchev–Trinajstić information content (AvgIpc) is 2.61. The van der Waals surface area contributed by atoms with Crippen LogP contribution in [0.3, 0.4) is 0 Å². The molecule has 7 heteroatoms. The summed E-state index contributed by atoms with van der Waals surface area (Å²) in [7, 11) is 0. The SMILES string of the molecule is CC(C)CC1NC(C(C)C)N(CCOCC(F)(F)F)C1=O. The van der Waals surface area contributed by atoms with Crippen LogP contribution in [0.1, 0.15) is 34.1 Å². The third-order valence-corrected chi connectivity index (χ3v) is 3.37. The van der Waals surface area contributed by atoms with Crippen molar-refractivity contribution in [2.45, 2.75) is 52.5 Å². The normalized spacial score (nSPS) is 23.7. The molecule has 0 bridgehead atoms. The summed E-state index contributed by atoms with van der Waals surface area (Å²) in [6.45, 7) is 6.83. The molecule has 0 spiro atoms. The van der Waals surface area contributed by atoms with E-state index < -0.39 is 12.8 Å². The highest BCUT2D eigenvalue weighted by atomic mass is 19.4. The van der Waals surface area contributed by atoms with Crippen molar-refractivity contribution in [2.75, 3.05) is 19.8 Å². The minimum absolute atomic E-state index is 0.0435. The summed E-state index contributed by atoms with van der Waals surface area (Å²) in [5.74, 6) is 0.521. The molecule has 0 aromatic carbocycles. The van der Waals surface area contributed by atoms with Crippen LogP contribution < -0.4 is 5.32 Å². The second kappa shape index (κ2) is 7.45. The lowest BCUT2D eigenvalue weighted by Gasteiger charge is -2.27. The monoisotopic (exact) mass is 310 g/mol. The molecule has 2 atom stereocenters. The minimum atomic E-state index is -4.33. The van der Waals surface area contributed by atoms with Gasteiger partial charge in [0.1, 0.15) is 6.61 Å². The standard InChI is InChI=1S/C14H25F3N2O2/c1-9(2)7-11-13(20)19(12(18-11)10(3)4)5-6-21-8-14(15,16)17/h9-12,18H,5-8H2,1-4H3. The van der Waals surface area contributed by atoms with E-state index in [4.69, 9.17) is 0 Å². The molecule has 1 aliphatic rings. The lowest BCUT2D eigenvalue weighted by Crippen LogP contribution is -2.43. The third-order valence-electron chi connectivity index (χ3n) is 3.37. The van der Waals surface area contributed by atoms with Crippen LogP contribution in [0, 0.1) is 11.8 Å². The summed E-state index contributed by atoms with van der Waals surface area (Å²) in [5, 5.41) is 3.28. The van der Waals surface area contributed by atoms with Gasteiger partial charge < -0.3 is 9.64 Å². The van der Waals surface area contributed by atoms with Crippen molar-refractivity contribution in [1.82, 2.24) is 10.2 Å². The number of nitrogens with one attached hydrogen (secondary N) is 1. The van der Waals surface area contributed by atoms with Crippen LogP contribution in [0.4, 0.5) is 13.2 Å². The number of halogens is 3. The zero-order valence-corrected chi connectivity index (χ0v) is 13.0. The van der Waals surface area contributed by atoms with E-state index in [-0.39, 0.29) is 37.2 Å². The van der Waals surface area contributed by atoms with Gasteiger partial charge in [-0.15, -0.1) is 0 Å². The molecule has 124 valence electrons. The van der Waals surface area contributed by atoms with Crippen LogP contribution in [0.5, 0.6) is 0 Å². The third kappa shape index (κ3) is 5.82. The van der Waals surface area contributed by atoms with Gasteiger partial charge in [0, 0.05) is 6.54 Å². The Kier molecular flexibility index (Phi) is 6.46. The van der Waals surface area contributed by atoms with Gasteiger partial charge in [0.05, 0.1) is 18.8 Å². The maximum atomic E-state index is 12.3. The van der Waals surface area contributed by atoms with Crippen LogP contribution in [-0.4, -0.2) is 48.9 Å². The van der Waals surface area contributed by atoms with Crippen LogP contribution in [0.2, 0.25) is 0 Å². The molecule has 2 unspecified atom stereocenters. The molecule has 21 heavy (non-hydrogen) atoms. The molecule has 0 aromatic heterocycles. The fraction of sp³-hybridized carbons (Fsp3) is 0.929. The molecule has 1 saturated heterocycles. The van der Waals surface area contributed by atoms with E-state index in [0.29, 0.717) is 5.92 Å². The van der Waals surface area contributed by atoms with Crippen molar-refractivity contribution < 1.29 is 22.7 Å². The average molecular weight is 310 g/mol. The van der Waals surface area contributed by atoms with E-state index >= 15 is 0 Å². The highest BCUT2D eigenvalue weighted by molar-refractivity contribution is 5.84. The van der Waals surface area contributed by atoms with Gasteiger partial charge in [-0.3, -0.25) is 10.1 Å². The lowest BCUT2D eigenvalue weighted by atomic mass is 10.0. The van der Waals surface area contributed by atoms with Crippen molar-refractivity contribution >= 4 is 5.91 Å². The Hall–Kier alpha value is -0.820. The van der Waals surface area contributed by atoms with Crippen LogP contribution in [0.15, 0.2) is 0 Å². The Labute approximate surface area is 124 Å². The first kappa shape index (κ1) is 18.2. The number of carbonyl (C=O) groups excluding carboxylic acids is 1. The zero-order valence-electron chi connectivity index (χ0n) is 13.0. The van der Waals surface area contributed by atoms with Crippen molar-refractivity contribution in [3.8, 4) is 0 Å². The summed E-state index contributed by atoms with van der Waals surface area (Å²) in [5.41, 5.74) is 0. The summed E-state index contributed by atoms with van der Waals surface area (Å²) in [6.07, 6.45) is -3.75. The van der Waals surface area contributed by atoms with Gasteiger partial charge in [0.15, 0.2) is 0 Å². The van der Waals surface area contributed by atoms with Crippen molar-refractivity contribution in [1.29, 1.82) is 0 Å². The van der Waals surface area contributed by atoms with E-state index in [9.17, 15) is 18.0 Å². The van der Waals surface area contributed by atoms with E-state index in [1.807, 2.05) is 27.7 Å². The Balaban J connectivity index is 2.54. The fourth-order valence-corrected chi connectivity index (χ4v) is 2.50. The maximum absolute atomic E-state index is 12.3. The van der Waals surface area contributed by atoms with Crippen LogP contribution >= 0.6 is 0 Å². The van der Waals surface area contributed by atoms with Gasteiger partial charge in [-0.05, 0) is 18.3 Å². The van der Waals surface area contributed by atoms with E-state index in [0.717, 1.165) is 6.42 Å². The Morgan fingerprint density at radius 2 is 1.90 bits per heavy atom. The molecule has 1 N–H and O–H groups in total. The summed E-state index contributed by atoms with van der Waals surface area (Å²) in [6, 6.07) is -0.250. The molecule has 0 radical (unpaired) electrons. The molecule has 1 rings (SSSR count). The number of ether oxygens (including phenoxy) is 1. The minimum Gasteiger partial charge on any atom is -0.370 e. The van der Waals surface area contributed by atoms with Crippen LogP contribution in [0.25, 0.3) is 0 Å². The predicted molar refractivity (Wildman–Crippen MR) is 73.6 cm³/mol. The lowest BCUT2D eigenvalue weighted by molar-refractivity contribution is -0.175. The number of alkyl halides is 3. The van der Waals surface area contributed by atoms with E-state index in [1.165, 1.54) is 0 Å². The molecule has 1 aliphatic heterocycles. The first-order valence-corrected chi connectivity index (χ1v) is 7.33. The largest absolute Gasteiger partial charge is 0.411 e. The van der Waals surface area contributed by atoms with Gasteiger partial charge in [-0.25, -0.2) is 0 Å². The predicted octanol–water partition coefficient (Wildman–Crippen LogP) is 2.39. The second-order valence-corrected chi connectivity index (χ2v) is 6.24. The molecular formula is C14H25F3N2O2. The Morgan fingerprint density at radius 3 is 2.38 bits per heavy atom. The first-order valence-electron chi connectivity index (χ1n) is 7.33. The van der Waals surface area contributed by atoms with Gasteiger partial charge >= 0.3 is 6.18 Å². The number of hydrogen-bond donors (Lipinski definition) is 1. The Morgan fingerprint density at radius 1 is 1.29 bits per heavy atom. The second-order valence-electron chi connectivity index (χ2n) is 6.24. The number of nitrogens with zero attached hydrogens (tertiary/aromatic N) is 1. The van der Waals surface area contributed by atoms with Crippen molar-refractivity contribution in [2.24, 2.45) is 11.8 Å². The smallest absolute Gasteiger partial charge is 0.370 e. The molecule has 0 aliphatic carbocycles. The molecule has 1 fully saturated rings. The van der Waals surface area contributed by atoms with Crippen molar-refractivity contribution in [3.05, 3.63) is 0 Å². The highest BCUT2D eigenvalue weighted by Crippen LogP contribution is 2.21. The Bertz CT molecular complexity index is 346. The molecule has 0 saturated carbocycles. The van der Waals surface area contributed by atoms with Gasteiger partial charge in [-0.2, -0.15) is 13.2 Å². The zero-order chi connectivity index (χ0) is 16.2. The number of hydrogen-bond acceptors (Lipinski definition) is 3. The highest BCUT2D eigenvalue weighted by Gasteiger charge is 2.40. The van der Waals surface area contributed by atoms with Gasteiger partial charge in [-0.1, -0.05) is 27.7 Å². The summed E-state index contributed by atoms with van der Waals surface area (Å²) < 4.78 is 40.7. The first-order chi connectivity index (χ1) is 9.61. The fourth-order valence-electron chi connectivity index (χ4n) is 2.50. The molecule has 4 nitrogen and oxygen atoms in total. The molecule has 1 amide bonds. The quantitative estimate of drug-likeness (QED) is 0.734. The molecule has 1 heterocycles. The number of rotatable bonds is 7. The van der Waals surface area contributed by atoms with E-state index in [2.05, 4.69) is 10.1 Å². The van der Waals surface area contributed by atoms with Gasteiger partial charge in [0.2, 0.25) is 5.91 Å².